The summed E-state index contributed by atoms with van der Waals surface area (Å²) in [5.74, 6) is -1.05. The van der Waals surface area contributed by atoms with Crippen LogP contribution in [0, 0.1) is 0 Å². The molecule has 0 bridgehead atoms. The largest absolute Gasteiger partial charge is 0.479 e. The Kier molecular flexibility index (Phi) is 4.72. The van der Waals surface area contributed by atoms with Gasteiger partial charge in [-0.3, -0.25) is 4.99 Å². The first-order chi connectivity index (χ1) is 11.8. The summed E-state index contributed by atoms with van der Waals surface area (Å²) in [5.41, 5.74) is 2.76. The van der Waals surface area contributed by atoms with Crippen molar-refractivity contribution in [2.45, 2.75) is 6.04 Å². The van der Waals surface area contributed by atoms with Crippen LogP contribution < -0.4 is 0 Å². The molecular formula is C19H15N3O2. The van der Waals surface area contributed by atoms with E-state index < -0.39 is 12.0 Å². The Morgan fingerprint density at radius 1 is 0.875 bits per heavy atom. The fourth-order valence-corrected chi connectivity index (χ4v) is 2.36. The molecule has 24 heavy (non-hydrogen) atoms. The van der Waals surface area contributed by atoms with Gasteiger partial charge in [0.1, 0.15) is 6.33 Å². The molecule has 1 unspecified atom stereocenters. The van der Waals surface area contributed by atoms with E-state index in [2.05, 4.69) is 15.0 Å². The molecular weight excluding hydrogens is 302 g/mol. The van der Waals surface area contributed by atoms with Crippen molar-refractivity contribution in [1.29, 1.82) is 0 Å². The molecule has 118 valence electrons. The molecule has 0 aliphatic carbocycles. The monoisotopic (exact) mass is 317 g/mol. The maximum atomic E-state index is 11.7. The molecule has 5 nitrogen and oxygen atoms in total. The lowest BCUT2D eigenvalue weighted by Gasteiger charge is -2.12. The van der Waals surface area contributed by atoms with Gasteiger partial charge in [0.25, 0.3) is 0 Å². The second-order valence-electron chi connectivity index (χ2n) is 5.12. The number of nitrogens with zero attached hydrogens (tertiary/aromatic N) is 3. The Morgan fingerprint density at radius 3 is 1.83 bits per heavy atom. The number of carboxylic acid groups (broad SMARTS) is 1. The molecule has 2 aromatic carbocycles. The highest BCUT2D eigenvalue weighted by atomic mass is 16.4. The van der Waals surface area contributed by atoms with E-state index in [1.165, 1.54) is 18.7 Å². The first-order valence-electron chi connectivity index (χ1n) is 7.42. The third kappa shape index (κ3) is 3.52. The number of benzene rings is 2. The molecule has 0 saturated heterocycles. The summed E-state index contributed by atoms with van der Waals surface area (Å²) in [7, 11) is 0. The normalized spacial score (nSPS) is 11.5. The van der Waals surface area contributed by atoms with Gasteiger partial charge in [0.15, 0.2) is 6.04 Å². The van der Waals surface area contributed by atoms with E-state index in [0.717, 1.165) is 11.1 Å². The summed E-state index contributed by atoms with van der Waals surface area (Å²) in [6.45, 7) is 0. The first kappa shape index (κ1) is 15.6. The zero-order valence-electron chi connectivity index (χ0n) is 12.8. The third-order valence-electron chi connectivity index (χ3n) is 3.48. The number of carbonyl (C=O) groups is 1. The molecule has 1 heterocycles. The number of aliphatic imine (C=N–C) groups is 1. The highest BCUT2D eigenvalue weighted by Gasteiger charge is 2.21. The molecule has 0 amide bonds. The van der Waals surface area contributed by atoms with E-state index in [-0.39, 0.29) is 0 Å². The number of hydrogen-bond acceptors (Lipinski definition) is 4. The van der Waals surface area contributed by atoms with Gasteiger partial charge in [0, 0.05) is 29.1 Å². The van der Waals surface area contributed by atoms with Gasteiger partial charge in [0.2, 0.25) is 0 Å². The minimum atomic E-state index is -1.07. The van der Waals surface area contributed by atoms with E-state index in [1.54, 1.807) is 0 Å². The Morgan fingerprint density at radius 2 is 1.38 bits per heavy atom. The maximum Gasteiger partial charge on any atom is 0.333 e. The Balaban J connectivity index is 2.13. The van der Waals surface area contributed by atoms with Crippen molar-refractivity contribution < 1.29 is 9.90 Å². The molecule has 3 rings (SSSR count). The van der Waals surface area contributed by atoms with Crippen LogP contribution in [-0.2, 0) is 4.79 Å². The number of hydrogen-bond donors (Lipinski definition) is 1. The lowest BCUT2D eigenvalue weighted by molar-refractivity contribution is -0.138. The summed E-state index contributed by atoms with van der Waals surface area (Å²) in [6, 6.07) is 18.0. The van der Waals surface area contributed by atoms with Crippen LogP contribution in [0.4, 0.5) is 0 Å². The van der Waals surface area contributed by atoms with Crippen molar-refractivity contribution in [3.8, 4) is 0 Å². The molecule has 0 spiro atoms. The molecule has 3 aromatic rings. The Labute approximate surface area is 139 Å². The third-order valence-corrected chi connectivity index (χ3v) is 3.48. The van der Waals surface area contributed by atoms with E-state index in [4.69, 9.17) is 0 Å². The molecule has 1 N–H and O–H groups in total. The fourth-order valence-electron chi connectivity index (χ4n) is 2.36. The van der Waals surface area contributed by atoms with Crippen molar-refractivity contribution in [3.63, 3.8) is 0 Å². The molecule has 0 saturated carbocycles. The minimum Gasteiger partial charge on any atom is -0.479 e. The number of aromatic nitrogens is 2. The summed E-state index contributed by atoms with van der Waals surface area (Å²) >= 11 is 0. The summed E-state index contributed by atoms with van der Waals surface area (Å²) in [6.07, 6.45) is 4.31. The zero-order valence-corrected chi connectivity index (χ0v) is 12.8. The van der Waals surface area contributed by atoms with Crippen LogP contribution in [0.1, 0.15) is 22.7 Å². The van der Waals surface area contributed by atoms with Crippen molar-refractivity contribution in [2.24, 2.45) is 4.99 Å². The SMILES string of the molecule is O=C(O)C(N=C(c1ccccc1)c1ccccc1)c1cncnc1. The van der Waals surface area contributed by atoms with Gasteiger partial charge in [-0.1, -0.05) is 60.7 Å². The molecule has 1 aromatic heterocycles. The van der Waals surface area contributed by atoms with Crippen LogP contribution >= 0.6 is 0 Å². The van der Waals surface area contributed by atoms with Crippen molar-refractivity contribution >= 4 is 11.7 Å². The molecule has 0 radical (unpaired) electrons. The highest BCUT2D eigenvalue weighted by molar-refractivity contribution is 6.13. The average Bonchev–Trinajstić information content (AvgIpc) is 2.64. The van der Waals surface area contributed by atoms with Gasteiger partial charge in [-0.15, -0.1) is 0 Å². The predicted octanol–water partition coefficient (Wildman–Crippen LogP) is 3.14. The number of aliphatic carboxylic acids is 1. The fraction of sp³-hybridized carbons (Fsp3) is 0.0526. The molecule has 0 aliphatic heterocycles. The molecule has 0 fully saturated rings. The lowest BCUT2D eigenvalue weighted by atomic mass is 10.0. The summed E-state index contributed by atoms with van der Waals surface area (Å²) in [5, 5.41) is 9.61. The predicted molar refractivity (Wildman–Crippen MR) is 90.9 cm³/mol. The molecule has 5 heteroatoms. The van der Waals surface area contributed by atoms with Crippen LogP contribution in [0.3, 0.4) is 0 Å². The second kappa shape index (κ2) is 7.28. The van der Waals surface area contributed by atoms with Crippen LogP contribution in [0.2, 0.25) is 0 Å². The Hall–Kier alpha value is -3.34. The summed E-state index contributed by atoms with van der Waals surface area (Å²) in [4.78, 5) is 24.1. The van der Waals surface area contributed by atoms with Gasteiger partial charge in [-0.2, -0.15) is 0 Å². The van der Waals surface area contributed by atoms with Gasteiger partial charge in [-0.05, 0) is 0 Å². The van der Waals surface area contributed by atoms with E-state index in [0.29, 0.717) is 11.3 Å². The van der Waals surface area contributed by atoms with E-state index in [1.807, 2.05) is 60.7 Å². The van der Waals surface area contributed by atoms with E-state index in [9.17, 15) is 9.90 Å². The smallest absolute Gasteiger partial charge is 0.333 e. The van der Waals surface area contributed by atoms with Crippen LogP contribution in [0.5, 0.6) is 0 Å². The van der Waals surface area contributed by atoms with Gasteiger partial charge in [-0.25, -0.2) is 14.8 Å². The van der Waals surface area contributed by atoms with Crippen molar-refractivity contribution in [3.05, 3.63) is 96.1 Å². The number of rotatable bonds is 5. The quantitative estimate of drug-likeness (QED) is 0.734. The second-order valence-corrected chi connectivity index (χ2v) is 5.12. The molecule has 0 aliphatic rings. The van der Waals surface area contributed by atoms with E-state index >= 15 is 0 Å². The first-order valence-corrected chi connectivity index (χ1v) is 7.42. The zero-order chi connectivity index (χ0) is 16.8. The minimum absolute atomic E-state index is 0.439. The maximum absolute atomic E-state index is 11.7. The van der Waals surface area contributed by atoms with Crippen molar-refractivity contribution in [2.75, 3.05) is 0 Å². The topological polar surface area (TPSA) is 75.4 Å². The van der Waals surface area contributed by atoms with Gasteiger partial charge in [0.05, 0.1) is 5.71 Å². The average molecular weight is 317 g/mol. The lowest BCUT2D eigenvalue weighted by Crippen LogP contribution is -2.14. The standard InChI is InChI=1S/C19H15N3O2/c23-19(24)18(16-11-20-13-21-12-16)22-17(14-7-3-1-4-8-14)15-9-5-2-6-10-15/h1-13,18H,(H,23,24). The number of carboxylic acids is 1. The van der Waals surface area contributed by atoms with Crippen molar-refractivity contribution in [1.82, 2.24) is 9.97 Å². The van der Waals surface area contributed by atoms with Gasteiger partial charge >= 0.3 is 5.97 Å². The highest BCUT2D eigenvalue weighted by Crippen LogP contribution is 2.20. The molecule has 1 atom stereocenters. The van der Waals surface area contributed by atoms with Crippen LogP contribution in [-0.4, -0.2) is 26.8 Å². The summed E-state index contributed by atoms with van der Waals surface area (Å²) < 4.78 is 0. The van der Waals surface area contributed by atoms with Crippen LogP contribution in [0.15, 0.2) is 84.4 Å². The Bertz CT molecular complexity index is 793. The van der Waals surface area contributed by atoms with Crippen LogP contribution in [0.25, 0.3) is 0 Å². The van der Waals surface area contributed by atoms with Gasteiger partial charge < -0.3 is 5.11 Å².